The van der Waals surface area contributed by atoms with E-state index in [1.165, 1.54) is 0 Å². The number of amides is 1. The number of rotatable bonds is 4. The number of nitrogens with two attached hydrogens (primary N) is 1. The fourth-order valence-electron chi connectivity index (χ4n) is 1.74. The largest absolute Gasteiger partial charge is 0.350 e. The Kier molecular flexibility index (Phi) is 3.91. The van der Waals surface area contributed by atoms with E-state index in [2.05, 4.69) is 26.1 Å². The number of carbonyl (C=O) groups excluding carboxylic acids is 1. The van der Waals surface area contributed by atoms with Crippen molar-refractivity contribution in [2.24, 2.45) is 11.7 Å². The molecule has 86 valence electrons. The zero-order valence-electron chi connectivity index (χ0n) is 9.92. The number of nitrogens with one attached hydrogen (secondary N) is 1. The molecule has 0 saturated carbocycles. The smallest absolute Gasteiger partial charge is 0.227 e. The molecule has 0 aliphatic heterocycles. The fraction of sp³-hybridized carbons (Fsp3) is 0.750. The van der Waals surface area contributed by atoms with Crippen LogP contribution in [0, 0.1) is 5.92 Å². The van der Waals surface area contributed by atoms with Crippen LogP contribution in [-0.2, 0) is 4.79 Å². The van der Waals surface area contributed by atoms with Crippen molar-refractivity contribution < 1.29 is 4.79 Å². The first-order valence-electron chi connectivity index (χ1n) is 5.76. The van der Waals surface area contributed by atoms with E-state index in [0.29, 0.717) is 0 Å². The van der Waals surface area contributed by atoms with Crippen LogP contribution in [0.4, 0.5) is 0 Å². The minimum absolute atomic E-state index is 0.0302. The van der Waals surface area contributed by atoms with Crippen LogP contribution >= 0.6 is 0 Å². The van der Waals surface area contributed by atoms with Crippen molar-refractivity contribution in [3.63, 3.8) is 0 Å². The standard InChI is InChI=1S/C12H22N2O/c1-4-12(3,5-2)14-11(15)9-6-7-10(13)8-9/h6-7,9-10H,4-5,8,13H2,1-3H3,(H,14,15). The highest BCUT2D eigenvalue weighted by Gasteiger charge is 2.28. The van der Waals surface area contributed by atoms with Crippen molar-refractivity contribution in [3.05, 3.63) is 12.2 Å². The maximum Gasteiger partial charge on any atom is 0.227 e. The first-order chi connectivity index (χ1) is 7.00. The molecule has 0 aromatic heterocycles. The molecule has 15 heavy (non-hydrogen) atoms. The molecule has 0 spiro atoms. The molecular weight excluding hydrogens is 188 g/mol. The van der Waals surface area contributed by atoms with Gasteiger partial charge in [-0.05, 0) is 26.2 Å². The van der Waals surface area contributed by atoms with E-state index in [-0.39, 0.29) is 23.4 Å². The van der Waals surface area contributed by atoms with Crippen molar-refractivity contribution in [1.29, 1.82) is 0 Å². The highest BCUT2D eigenvalue weighted by Crippen LogP contribution is 2.20. The van der Waals surface area contributed by atoms with Crippen LogP contribution in [0.25, 0.3) is 0 Å². The molecule has 2 atom stereocenters. The quantitative estimate of drug-likeness (QED) is 0.692. The lowest BCUT2D eigenvalue weighted by Crippen LogP contribution is -2.47. The molecule has 0 heterocycles. The lowest BCUT2D eigenvalue weighted by atomic mass is 9.94. The van der Waals surface area contributed by atoms with Crippen LogP contribution in [0.15, 0.2) is 12.2 Å². The van der Waals surface area contributed by atoms with Gasteiger partial charge in [0.1, 0.15) is 0 Å². The molecule has 0 saturated heterocycles. The van der Waals surface area contributed by atoms with Gasteiger partial charge in [0, 0.05) is 11.6 Å². The second-order valence-corrected chi connectivity index (χ2v) is 4.65. The van der Waals surface area contributed by atoms with Crippen molar-refractivity contribution in [1.82, 2.24) is 5.32 Å². The zero-order chi connectivity index (χ0) is 11.5. The van der Waals surface area contributed by atoms with Crippen molar-refractivity contribution in [3.8, 4) is 0 Å². The lowest BCUT2D eigenvalue weighted by Gasteiger charge is -2.29. The molecule has 0 aromatic carbocycles. The highest BCUT2D eigenvalue weighted by molar-refractivity contribution is 5.81. The van der Waals surface area contributed by atoms with E-state index in [0.717, 1.165) is 19.3 Å². The Morgan fingerprint density at radius 3 is 2.47 bits per heavy atom. The molecule has 1 aliphatic carbocycles. The average Bonchev–Trinajstić information content (AvgIpc) is 2.65. The van der Waals surface area contributed by atoms with Crippen LogP contribution in [0.1, 0.15) is 40.0 Å². The highest BCUT2D eigenvalue weighted by atomic mass is 16.2. The summed E-state index contributed by atoms with van der Waals surface area (Å²) in [6, 6.07) is 0.0512. The Morgan fingerprint density at radius 2 is 2.07 bits per heavy atom. The molecule has 3 heteroatoms. The monoisotopic (exact) mass is 210 g/mol. The van der Waals surface area contributed by atoms with Gasteiger partial charge in [0.15, 0.2) is 0 Å². The Balaban J connectivity index is 2.52. The Hall–Kier alpha value is -0.830. The Bertz CT molecular complexity index is 256. The normalized spacial score (nSPS) is 25.6. The summed E-state index contributed by atoms with van der Waals surface area (Å²) in [5, 5.41) is 3.11. The minimum atomic E-state index is -0.0718. The molecule has 0 fully saturated rings. The van der Waals surface area contributed by atoms with Crippen molar-refractivity contribution in [2.75, 3.05) is 0 Å². The number of hydrogen-bond donors (Lipinski definition) is 2. The molecule has 3 N–H and O–H groups in total. The summed E-state index contributed by atoms with van der Waals surface area (Å²) in [6.45, 7) is 6.28. The molecule has 2 unspecified atom stereocenters. The van der Waals surface area contributed by atoms with Gasteiger partial charge in [-0.2, -0.15) is 0 Å². The second kappa shape index (κ2) is 4.79. The third-order valence-electron chi connectivity index (χ3n) is 3.44. The minimum Gasteiger partial charge on any atom is -0.350 e. The first-order valence-corrected chi connectivity index (χ1v) is 5.76. The van der Waals surface area contributed by atoms with E-state index in [1.807, 2.05) is 12.2 Å². The van der Waals surface area contributed by atoms with Crippen molar-refractivity contribution >= 4 is 5.91 Å². The van der Waals surface area contributed by atoms with Gasteiger partial charge < -0.3 is 11.1 Å². The third-order valence-corrected chi connectivity index (χ3v) is 3.44. The number of hydrogen-bond acceptors (Lipinski definition) is 2. The summed E-state index contributed by atoms with van der Waals surface area (Å²) in [5.74, 6) is 0.0859. The van der Waals surface area contributed by atoms with Crippen molar-refractivity contribution in [2.45, 2.75) is 51.6 Å². The fourth-order valence-corrected chi connectivity index (χ4v) is 1.74. The van der Waals surface area contributed by atoms with Gasteiger partial charge in [-0.3, -0.25) is 4.79 Å². The number of carbonyl (C=O) groups is 1. The maximum atomic E-state index is 11.9. The summed E-state index contributed by atoms with van der Waals surface area (Å²) in [7, 11) is 0. The van der Waals surface area contributed by atoms with Gasteiger partial charge in [0.2, 0.25) is 5.91 Å². The SMILES string of the molecule is CCC(C)(CC)NC(=O)C1C=CC(N)C1. The van der Waals surface area contributed by atoms with Gasteiger partial charge >= 0.3 is 0 Å². The summed E-state index contributed by atoms with van der Waals surface area (Å²) in [4.78, 5) is 11.9. The molecule has 1 aliphatic rings. The molecule has 0 bridgehead atoms. The summed E-state index contributed by atoms with van der Waals surface area (Å²) in [5.41, 5.74) is 5.65. The van der Waals surface area contributed by atoms with E-state index in [9.17, 15) is 4.79 Å². The molecule has 0 radical (unpaired) electrons. The van der Waals surface area contributed by atoms with Crippen LogP contribution in [0.5, 0.6) is 0 Å². The molecule has 1 rings (SSSR count). The first kappa shape index (κ1) is 12.2. The third kappa shape index (κ3) is 3.06. The molecule has 3 nitrogen and oxygen atoms in total. The van der Waals surface area contributed by atoms with E-state index in [1.54, 1.807) is 0 Å². The van der Waals surface area contributed by atoms with E-state index < -0.39 is 0 Å². The average molecular weight is 210 g/mol. The predicted molar refractivity (Wildman–Crippen MR) is 62.4 cm³/mol. The Labute approximate surface area is 92.1 Å². The maximum absolute atomic E-state index is 11.9. The van der Waals surface area contributed by atoms with Gasteiger partial charge in [-0.1, -0.05) is 26.0 Å². The summed E-state index contributed by atoms with van der Waals surface area (Å²) in [6.07, 6.45) is 6.50. The topological polar surface area (TPSA) is 55.1 Å². The zero-order valence-corrected chi connectivity index (χ0v) is 9.92. The van der Waals surface area contributed by atoms with Gasteiger partial charge in [0.05, 0.1) is 5.92 Å². The van der Waals surface area contributed by atoms with E-state index in [4.69, 9.17) is 5.73 Å². The summed E-state index contributed by atoms with van der Waals surface area (Å²) >= 11 is 0. The predicted octanol–water partition coefficient (Wildman–Crippen LogP) is 1.58. The van der Waals surface area contributed by atoms with E-state index >= 15 is 0 Å². The molecule has 0 aromatic rings. The Morgan fingerprint density at radius 1 is 1.47 bits per heavy atom. The molecule has 1 amide bonds. The van der Waals surface area contributed by atoms with Crippen LogP contribution in [0.2, 0.25) is 0 Å². The summed E-state index contributed by atoms with van der Waals surface area (Å²) < 4.78 is 0. The van der Waals surface area contributed by atoms with Gasteiger partial charge in [-0.15, -0.1) is 0 Å². The van der Waals surface area contributed by atoms with Gasteiger partial charge in [0.25, 0.3) is 0 Å². The second-order valence-electron chi connectivity index (χ2n) is 4.65. The van der Waals surface area contributed by atoms with Crippen LogP contribution in [0.3, 0.4) is 0 Å². The van der Waals surface area contributed by atoms with Gasteiger partial charge in [-0.25, -0.2) is 0 Å². The lowest BCUT2D eigenvalue weighted by molar-refractivity contribution is -0.125. The molecular formula is C12H22N2O. The van der Waals surface area contributed by atoms with Crippen LogP contribution in [-0.4, -0.2) is 17.5 Å². The van der Waals surface area contributed by atoms with Crippen LogP contribution < -0.4 is 11.1 Å².